The van der Waals surface area contributed by atoms with Gasteiger partial charge in [-0.15, -0.1) is 0 Å². The van der Waals surface area contributed by atoms with Gasteiger partial charge in [0.2, 0.25) is 0 Å². The van der Waals surface area contributed by atoms with Gasteiger partial charge in [0.1, 0.15) is 0 Å². The highest BCUT2D eigenvalue weighted by molar-refractivity contribution is 9.10. The molecule has 0 aromatic carbocycles. The van der Waals surface area contributed by atoms with Crippen molar-refractivity contribution in [1.29, 1.82) is 0 Å². The summed E-state index contributed by atoms with van der Waals surface area (Å²) in [7, 11) is 0. The van der Waals surface area contributed by atoms with Crippen molar-refractivity contribution in [2.75, 3.05) is 0 Å². The molecule has 0 radical (unpaired) electrons. The van der Waals surface area contributed by atoms with Crippen molar-refractivity contribution in [3.05, 3.63) is 37.2 Å². The third-order valence-electron chi connectivity index (χ3n) is 2.35. The molecular weight excluding hydrogens is 280 g/mol. The Labute approximate surface area is 99.8 Å². The van der Waals surface area contributed by atoms with Crippen molar-refractivity contribution in [3.8, 4) is 0 Å². The van der Waals surface area contributed by atoms with E-state index in [-0.39, 0.29) is 10.5 Å². The van der Waals surface area contributed by atoms with Gasteiger partial charge in [-0.2, -0.15) is 0 Å². The van der Waals surface area contributed by atoms with Crippen LogP contribution in [0.4, 0.5) is 5.69 Å². The Morgan fingerprint density at radius 1 is 1.50 bits per heavy atom. The lowest BCUT2D eigenvalue weighted by molar-refractivity contribution is -0.386. The number of halogens is 1. The van der Waals surface area contributed by atoms with Crippen LogP contribution in [-0.4, -0.2) is 20.7 Å². The van der Waals surface area contributed by atoms with Crippen molar-refractivity contribution in [2.24, 2.45) is 0 Å². The largest absolute Gasteiger partial charge is 0.391 e. The lowest BCUT2D eigenvalue weighted by Gasteiger charge is -2.18. The Hall–Kier alpha value is -1.21. The van der Waals surface area contributed by atoms with Gasteiger partial charge in [0.25, 0.3) is 5.43 Å². The second kappa shape index (κ2) is 4.75. The number of pyridine rings is 1. The predicted octanol–water partition coefficient (Wildman–Crippen LogP) is 1.46. The molecule has 0 saturated carbocycles. The van der Waals surface area contributed by atoms with Crippen LogP contribution in [-0.2, 0) is 0 Å². The first-order chi connectivity index (χ1) is 7.34. The van der Waals surface area contributed by atoms with E-state index in [1.165, 1.54) is 10.8 Å². The van der Waals surface area contributed by atoms with E-state index in [4.69, 9.17) is 0 Å². The average molecular weight is 291 g/mol. The summed E-state index contributed by atoms with van der Waals surface area (Å²) in [5.74, 6) is 0. The van der Waals surface area contributed by atoms with Crippen molar-refractivity contribution < 1.29 is 10.0 Å². The molecule has 0 saturated heterocycles. The molecule has 0 spiro atoms. The maximum Gasteiger partial charge on any atom is 0.333 e. The number of aromatic nitrogens is 1. The highest BCUT2D eigenvalue weighted by atomic mass is 79.9. The molecule has 0 aliphatic rings. The van der Waals surface area contributed by atoms with Gasteiger partial charge in [-0.3, -0.25) is 14.9 Å². The summed E-state index contributed by atoms with van der Waals surface area (Å²) >= 11 is 2.96. The summed E-state index contributed by atoms with van der Waals surface area (Å²) in [6.45, 7) is 3.27. The summed E-state index contributed by atoms with van der Waals surface area (Å²) < 4.78 is 1.54. The number of hydrogen-bond acceptors (Lipinski definition) is 4. The lowest BCUT2D eigenvalue weighted by atomic mass is 10.2. The van der Waals surface area contributed by atoms with Crippen LogP contribution in [0.25, 0.3) is 0 Å². The minimum Gasteiger partial charge on any atom is -0.391 e. The van der Waals surface area contributed by atoms with Gasteiger partial charge in [-0.1, -0.05) is 0 Å². The van der Waals surface area contributed by atoms with Crippen molar-refractivity contribution in [2.45, 2.75) is 26.0 Å². The number of nitrogens with zero attached hydrogens (tertiary/aromatic N) is 2. The minimum atomic E-state index is -0.738. The third kappa shape index (κ3) is 2.48. The Balaban J connectivity index is 3.35. The summed E-state index contributed by atoms with van der Waals surface area (Å²) in [5.41, 5.74) is -1.18. The molecule has 1 aromatic heterocycles. The SMILES string of the molecule is CC(O)C(C)n1cc(Br)c(=O)c([N+](=O)[O-])c1. The van der Waals surface area contributed by atoms with Crippen molar-refractivity contribution >= 4 is 21.6 Å². The number of aliphatic hydroxyl groups is 1. The average Bonchev–Trinajstić information content (AvgIpc) is 2.20. The van der Waals surface area contributed by atoms with Crippen LogP contribution in [0.3, 0.4) is 0 Å². The summed E-state index contributed by atoms with van der Waals surface area (Å²) in [4.78, 5) is 21.3. The zero-order chi connectivity index (χ0) is 12.5. The maximum absolute atomic E-state index is 11.4. The van der Waals surface area contributed by atoms with E-state index >= 15 is 0 Å². The van der Waals surface area contributed by atoms with E-state index < -0.39 is 22.1 Å². The smallest absolute Gasteiger partial charge is 0.333 e. The molecule has 1 N–H and O–H groups in total. The van der Waals surface area contributed by atoms with E-state index in [1.807, 2.05) is 0 Å². The Morgan fingerprint density at radius 2 is 2.06 bits per heavy atom. The van der Waals surface area contributed by atoms with E-state index in [2.05, 4.69) is 15.9 Å². The number of nitro groups is 1. The van der Waals surface area contributed by atoms with Gasteiger partial charge in [0, 0.05) is 6.20 Å². The Morgan fingerprint density at radius 3 is 2.50 bits per heavy atom. The van der Waals surface area contributed by atoms with Gasteiger partial charge in [0.05, 0.1) is 27.7 Å². The van der Waals surface area contributed by atoms with Gasteiger partial charge >= 0.3 is 5.69 Å². The first-order valence-corrected chi connectivity index (χ1v) is 5.37. The molecule has 1 heterocycles. The molecule has 6 nitrogen and oxygen atoms in total. The van der Waals surface area contributed by atoms with Crippen LogP contribution in [0.1, 0.15) is 19.9 Å². The normalized spacial score (nSPS) is 14.5. The molecule has 0 aliphatic heterocycles. The quantitative estimate of drug-likeness (QED) is 0.675. The van der Waals surface area contributed by atoms with Crippen LogP contribution < -0.4 is 5.43 Å². The first-order valence-electron chi connectivity index (χ1n) is 4.58. The van der Waals surface area contributed by atoms with Crippen molar-refractivity contribution in [1.82, 2.24) is 4.57 Å². The molecule has 1 rings (SSSR count). The minimum absolute atomic E-state index is 0.106. The Bertz CT molecular complexity index is 469. The van der Waals surface area contributed by atoms with E-state index in [1.54, 1.807) is 13.8 Å². The molecule has 2 atom stereocenters. The standard InChI is InChI=1S/C9H11BrN2O4/c1-5(6(2)13)11-3-7(10)9(14)8(4-11)12(15)16/h3-6,13H,1-2H3. The zero-order valence-corrected chi connectivity index (χ0v) is 10.3. The predicted molar refractivity (Wildman–Crippen MR) is 61.4 cm³/mol. The van der Waals surface area contributed by atoms with Crippen LogP contribution in [0.15, 0.2) is 21.7 Å². The number of hydrogen-bond donors (Lipinski definition) is 1. The first kappa shape index (κ1) is 12.9. The molecule has 7 heteroatoms. The van der Waals surface area contributed by atoms with Crippen molar-refractivity contribution in [3.63, 3.8) is 0 Å². The second-order valence-corrected chi connectivity index (χ2v) is 4.36. The van der Waals surface area contributed by atoms with E-state index in [0.717, 1.165) is 6.20 Å². The fourth-order valence-electron chi connectivity index (χ4n) is 1.16. The monoisotopic (exact) mass is 290 g/mol. The molecule has 1 aromatic rings. The van der Waals surface area contributed by atoms with Crippen LogP contribution in [0.5, 0.6) is 0 Å². The second-order valence-electron chi connectivity index (χ2n) is 3.51. The topological polar surface area (TPSA) is 85.4 Å². The summed E-state index contributed by atoms with van der Waals surface area (Å²) in [5, 5.41) is 20.0. The Kier molecular flexibility index (Phi) is 3.82. The third-order valence-corrected chi connectivity index (χ3v) is 2.91. The van der Waals surface area contributed by atoms with Crippen LogP contribution >= 0.6 is 15.9 Å². The summed E-state index contributed by atoms with van der Waals surface area (Å²) in [6.07, 6.45) is 1.88. The molecule has 0 bridgehead atoms. The highest BCUT2D eigenvalue weighted by Crippen LogP contribution is 2.17. The van der Waals surface area contributed by atoms with Gasteiger partial charge in [-0.05, 0) is 29.8 Å². The molecule has 2 unspecified atom stereocenters. The van der Waals surface area contributed by atoms with E-state index in [0.29, 0.717) is 0 Å². The van der Waals surface area contributed by atoms with E-state index in [9.17, 15) is 20.0 Å². The number of rotatable bonds is 3. The van der Waals surface area contributed by atoms with Gasteiger partial charge in [-0.25, -0.2) is 0 Å². The molecule has 16 heavy (non-hydrogen) atoms. The van der Waals surface area contributed by atoms with Gasteiger partial charge < -0.3 is 9.67 Å². The maximum atomic E-state index is 11.4. The van der Waals surface area contributed by atoms with Crippen LogP contribution in [0, 0.1) is 10.1 Å². The molecule has 88 valence electrons. The fourth-order valence-corrected chi connectivity index (χ4v) is 1.60. The lowest BCUT2D eigenvalue weighted by Crippen LogP contribution is -2.21. The molecule has 0 aliphatic carbocycles. The van der Waals surface area contributed by atoms with Gasteiger partial charge in [0.15, 0.2) is 0 Å². The number of aliphatic hydroxyl groups excluding tert-OH is 1. The molecule has 0 fully saturated rings. The summed E-state index contributed by atoms with van der Waals surface area (Å²) in [6, 6.07) is -0.351. The fraction of sp³-hybridized carbons (Fsp3) is 0.444. The highest BCUT2D eigenvalue weighted by Gasteiger charge is 2.19. The zero-order valence-electron chi connectivity index (χ0n) is 8.75. The van der Waals surface area contributed by atoms with Crippen LogP contribution in [0.2, 0.25) is 0 Å². The molecular formula is C9H11BrN2O4. The molecule has 0 amide bonds.